The molecule has 8 nitrogen and oxygen atoms in total. The van der Waals surface area contributed by atoms with E-state index in [0.29, 0.717) is 17.5 Å². The van der Waals surface area contributed by atoms with E-state index in [1.165, 1.54) is 12.4 Å². The van der Waals surface area contributed by atoms with Crippen LogP contribution in [0.3, 0.4) is 0 Å². The molecule has 0 spiro atoms. The van der Waals surface area contributed by atoms with Crippen LogP contribution in [0.15, 0.2) is 23.4 Å². The van der Waals surface area contributed by atoms with Crippen molar-refractivity contribution in [3.05, 3.63) is 29.0 Å². The summed E-state index contributed by atoms with van der Waals surface area (Å²) in [6.07, 6.45) is 3.53. The molecule has 0 aliphatic rings. The van der Waals surface area contributed by atoms with Crippen molar-refractivity contribution in [3.63, 3.8) is 0 Å². The Labute approximate surface area is 161 Å². The highest BCUT2D eigenvalue weighted by Gasteiger charge is 2.33. The smallest absolute Gasteiger partial charge is 0.460 e. The van der Waals surface area contributed by atoms with Gasteiger partial charge in [0.25, 0.3) is 0 Å². The van der Waals surface area contributed by atoms with Gasteiger partial charge in [-0.1, -0.05) is 26.3 Å². The second kappa shape index (κ2) is 9.82. The summed E-state index contributed by atoms with van der Waals surface area (Å²) in [7, 11) is -1.52. The molecule has 0 amide bonds. The molecule has 0 bridgehead atoms. The fourth-order valence-electron chi connectivity index (χ4n) is 2.72. The molecule has 1 atom stereocenters. The number of nitrogen functional groups attached to an aromatic ring is 1. The predicted molar refractivity (Wildman–Crippen MR) is 105 cm³/mol. The summed E-state index contributed by atoms with van der Waals surface area (Å²) in [5.74, 6) is -0.268. The number of hydrogen-bond donors (Lipinski definition) is 4. The van der Waals surface area contributed by atoms with Crippen molar-refractivity contribution in [2.24, 2.45) is 5.92 Å². The Hall–Kier alpha value is -1.97. The molecule has 9 heteroatoms. The Morgan fingerprint density at radius 2 is 1.89 bits per heavy atom. The van der Waals surface area contributed by atoms with Crippen LogP contribution in [0.4, 0.5) is 5.95 Å². The number of carbonyl (C=O) groups is 1. The van der Waals surface area contributed by atoms with Crippen molar-refractivity contribution < 1.29 is 19.6 Å². The third kappa shape index (κ3) is 6.60. The number of nitrogens with zero attached hydrogens (tertiary/aromatic N) is 2. The summed E-state index contributed by atoms with van der Waals surface area (Å²) < 4.78 is 5.41. The van der Waals surface area contributed by atoms with Crippen LogP contribution in [0.1, 0.15) is 53.5 Å². The first kappa shape index (κ1) is 23.1. The SMILES string of the molecule is CC/C(B(O)O)=C(/C)C(C)(C)N[C@H](C(=O)OCc1cnc(N)nc1)C(C)C. The average Bonchev–Trinajstić information content (AvgIpc) is 2.59. The molecule has 5 N–H and O–H groups in total. The zero-order chi connectivity index (χ0) is 20.8. The lowest BCUT2D eigenvalue weighted by Crippen LogP contribution is -2.53. The van der Waals surface area contributed by atoms with Gasteiger partial charge in [0.15, 0.2) is 0 Å². The van der Waals surface area contributed by atoms with E-state index in [1.807, 2.05) is 41.5 Å². The Morgan fingerprint density at radius 3 is 2.33 bits per heavy atom. The van der Waals surface area contributed by atoms with E-state index in [2.05, 4.69) is 15.3 Å². The van der Waals surface area contributed by atoms with E-state index in [1.54, 1.807) is 0 Å². The molecule has 1 rings (SSSR count). The molecule has 0 saturated carbocycles. The Balaban J connectivity index is 2.90. The number of anilines is 1. The van der Waals surface area contributed by atoms with Gasteiger partial charge in [-0.25, -0.2) is 9.97 Å². The first-order valence-corrected chi connectivity index (χ1v) is 9.06. The van der Waals surface area contributed by atoms with Gasteiger partial charge in [-0.2, -0.15) is 0 Å². The number of allylic oxidation sites excluding steroid dienone is 1. The standard InChI is InChI=1S/C18H31BN4O4/c1-7-14(19(25)26)12(4)18(5,6)23-15(11(2)3)16(24)27-10-13-8-21-17(20)22-9-13/h8-9,11,15,23,25-26H,7,10H2,1-6H3,(H2,20,21,22)/b14-12+/t15-/m0/s1. The third-order valence-electron chi connectivity index (χ3n) is 4.66. The first-order valence-electron chi connectivity index (χ1n) is 9.06. The lowest BCUT2D eigenvalue weighted by Gasteiger charge is -2.35. The second-order valence-electron chi connectivity index (χ2n) is 7.43. The van der Waals surface area contributed by atoms with Crippen LogP contribution >= 0.6 is 0 Å². The van der Waals surface area contributed by atoms with Crippen LogP contribution in [-0.2, 0) is 16.1 Å². The molecule has 0 fully saturated rings. The molecule has 0 saturated heterocycles. The van der Waals surface area contributed by atoms with Crippen LogP contribution < -0.4 is 11.1 Å². The lowest BCUT2D eigenvalue weighted by atomic mass is 9.71. The van der Waals surface area contributed by atoms with Crippen molar-refractivity contribution in [2.45, 2.75) is 66.2 Å². The quantitative estimate of drug-likeness (QED) is 0.373. The van der Waals surface area contributed by atoms with Crippen LogP contribution in [-0.4, -0.2) is 44.7 Å². The maximum Gasteiger partial charge on any atom is 0.484 e. The van der Waals surface area contributed by atoms with Crippen LogP contribution in [0.5, 0.6) is 0 Å². The molecular weight excluding hydrogens is 347 g/mol. The van der Waals surface area contributed by atoms with Gasteiger partial charge >= 0.3 is 13.1 Å². The highest BCUT2D eigenvalue weighted by atomic mass is 16.5. The molecule has 1 aromatic rings. The van der Waals surface area contributed by atoms with Crippen LogP contribution in [0.2, 0.25) is 0 Å². The molecule has 1 aromatic heterocycles. The summed E-state index contributed by atoms with van der Waals surface area (Å²) in [6, 6.07) is -0.571. The molecule has 0 aromatic carbocycles. The minimum atomic E-state index is -1.52. The van der Waals surface area contributed by atoms with Crippen LogP contribution in [0, 0.1) is 5.92 Å². The summed E-state index contributed by atoms with van der Waals surface area (Å²) in [6.45, 7) is 11.4. The Bertz CT molecular complexity index is 660. The molecule has 0 radical (unpaired) electrons. The highest BCUT2D eigenvalue weighted by Crippen LogP contribution is 2.24. The number of aromatic nitrogens is 2. The van der Waals surface area contributed by atoms with E-state index in [-0.39, 0.29) is 18.5 Å². The maximum absolute atomic E-state index is 12.6. The lowest BCUT2D eigenvalue weighted by molar-refractivity contribution is -0.149. The van der Waals surface area contributed by atoms with Crippen molar-refractivity contribution in [1.82, 2.24) is 15.3 Å². The van der Waals surface area contributed by atoms with Crippen LogP contribution in [0.25, 0.3) is 0 Å². The number of nitrogens with two attached hydrogens (primary N) is 1. The normalized spacial score (nSPS) is 14.0. The number of rotatable bonds is 9. The molecule has 150 valence electrons. The fourth-order valence-corrected chi connectivity index (χ4v) is 2.72. The largest absolute Gasteiger partial charge is 0.484 e. The second-order valence-corrected chi connectivity index (χ2v) is 7.43. The van der Waals surface area contributed by atoms with Crippen molar-refractivity contribution in [3.8, 4) is 0 Å². The van der Waals surface area contributed by atoms with Gasteiger partial charge < -0.3 is 20.5 Å². The van der Waals surface area contributed by atoms with E-state index in [0.717, 1.165) is 5.57 Å². The number of nitrogens with one attached hydrogen (secondary N) is 1. The van der Waals surface area contributed by atoms with Gasteiger partial charge in [0, 0.05) is 23.5 Å². The molecule has 1 heterocycles. The number of hydrogen-bond acceptors (Lipinski definition) is 8. The molecule has 0 aliphatic carbocycles. The fraction of sp³-hybridized carbons (Fsp3) is 0.611. The van der Waals surface area contributed by atoms with Crippen molar-refractivity contribution >= 4 is 19.0 Å². The van der Waals surface area contributed by atoms with Crippen molar-refractivity contribution in [2.75, 3.05) is 5.73 Å². The van der Waals surface area contributed by atoms with E-state index < -0.39 is 24.7 Å². The van der Waals surface area contributed by atoms with Gasteiger partial charge in [-0.3, -0.25) is 10.1 Å². The van der Waals surface area contributed by atoms with Gasteiger partial charge in [0.2, 0.25) is 5.95 Å². The summed E-state index contributed by atoms with van der Waals surface area (Å²) in [4.78, 5) is 20.4. The summed E-state index contributed by atoms with van der Waals surface area (Å²) in [5, 5.41) is 22.5. The first-order chi connectivity index (χ1) is 12.5. The predicted octanol–water partition coefficient (Wildman–Crippen LogP) is 1.23. The Morgan fingerprint density at radius 1 is 1.33 bits per heavy atom. The summed E-state index contributed by atoms with van der Waals surface area (Å²) in [5.41, 5.74) is 6.77. The maximum atomic E-state index is 12.6. The monoisotopic (exact) mass is 378 g/mol. The topological polar surface area (TPSA) is 131 Å². The minimum absolute atomic E-state index is 0.0311. The van der Waals surface area contributed by atoms with E-state index >= 15 is 0 Å². The average molecular weight is 378 g/mol. The third-order valence-corrected chi connectivity index (χ3v) is 4.66. The molecular formula is C18H31BN4O4. The summed E-state index contributed by atoms with van der Waals surface area (Å²) >= 11 is 0. The van der Waals surface area contributed by atoms with Gasteiger partial charge in [-0.15, -0.1) is 0 Å². The minimum Gasteiger partial charge on any atom is -0.460 e. The Kier molecular flexibility index (Phi) is 8.39. The number of carbonyl (C=O) groups excluding carboxylic acids is 1. The molecule has 0 unspecified atom stereocenters. The zero-order valence-corrected chi connectivity index (χ0v) is 17.0. The molecule has 0 aliphatic heterocycles. The number of esters is 1. The number of ether oxygens (including phenoxy) is 1. The van der Waals surface area contributed by atoms with Gasteiger partial charge in [-0.05, 0) is 38.6 Å². The van der Waals surface area contributed by atoms with E-state index in [4.69, 9.17) is 10.5 Å². The zero-order valence-electron chi connectivity index (χ0n) is 17.0. The van der Waals surface area contributed by atoms with E-state index in [9.17, 15) is 14.8 Å². The highest BCUT2D eigenvalue weighted by molar-refractivity contribution is 6.50. The van der Waals surface area contributed by atoms with Gasteiger partial charge in [0.1, 0.15) is 12.6 Å². The van der Waals surface area contributed by atoms with Gasteiger partial charge in [0.05, 0.1) is 0 Å². The van der Waals surface area contributed by atoms with Crippen molar-refractivity contribution in [1.29, 1.82) is 0 Å². The molecule has 27 heavy (non-hydrogen) atoms.